The van der Waals surface area contributed by atoms with Crippen molar-refractivity contribution in [2.24, 2.45) is 0 Å². The number of hydrogen-bond acceptors (Lipinski definition) is 4. The maximum absolute atomic E-state index is 10.8. The summed E-state index contributed by atoms with van der Waals surface area (Å²) in [5.74, 6) is 0.354. The number of anilines is 2. The zero-order chi connectivity index (χ0) is 14.5. The quantitative estimate of drug-likeness (QED) is 0.505. The molecule has 1 N–H and O–H groups in total. The van der Waals surface area contributed by atoms with Crippen molar-refractivity contribution in [1.29, 1.82) is 0 Å². The van der Waals surface area contributed by atoms with E-state index in [0.29, 0.717) is 5.82 Å². The summed E-state index contributed by atoms with van der Waals surface area (Å²) in [6.45, 7) is 2.13. The second kappa shape index (κ2) is 6.34. The molecule has 0 aliphatic rings. The molecule has 20 heavy (non-hydrogen) atoms. The third-order valence-corrected chi connectivity index (χ3v) is 2.95. The van der Waals surface area contributed by atoms with Crippen molar-refractivity contribution >= 4 is 28.8 Å². The predicted octanol–water partition coefficient (Wildman–Crippen LogP) is 4.34. The van der Waals surface area contributed by atoms with E-state index in [1.165, 1.54) is 17.7 Å². The lowest BCUT2D eigenvalue weighted by atomic mass is 10.1. The third-order valence-electron chi connectivity index (χ3n) is 2.75. The fraction of sp³-hybridized carbons (Fsp3) is 0.214. The molecule has 1 aromatic heterocycles. The largest absolute Gasteiger partial charge is 0.340 e. The summed E-state index contributed by atoms with van der Waals surface area (Å²) in [4.78, 5) is 14.3. The van der Waals surface area contributed by atoms with Crippen molar-refractivity contribution in [2.75, 3.05) is 5.32 Å². The number of benzene rings is 1. The lowest BCUT2D eigenvalue weighted by Gasteiger charge is -2.07. The molecular formula is C14H14ClN3O2. The Morgan fingerprint density at radius 1 is 1.30 bits per heavy atom. The van der Waals surface area contributed by atoms with Crippen LogP contribution in [-0.4, -0.2) is 9.91 Å². The van der Waals surface area contributed by atoms with Crippen molar-refractivity contribution in [3.05, 3.63) is 57.2 Å². The van der Waals surface area contributed by atoms with E-state index < -0.39 is 4.92 Å². The lowest BCUT2D eigenvalue weighted by molar-refractivity contribution is -0.384. The van der Waals surface area contributed by atoms with Gasteiger partial charge in [0.2, 0.25) is 0 Å². The highest BCUT2D eigenvalue weighted by atomic mass is 35.5. The van der Waals surface area contributed by atoms with Crippen molar-refractivity contribution in [3.63, 3.8) is 0 Å². The van der Waals surface area contributed by atoms with Crippen LogP contribution < -0.4 is 5.32 Å². The average molecular weight is 292 g/mol. The molecule has 5 nitrogen and oxygen atoms in total. The standard InChI is InChI=1S/C14H14ClN3O2/c1-2-3-10-4-6-11(7-5-10)16-14-9-12(18(19)20)8-13(15)17-14/h4-9H,2-3H2,1H3,(H,16,17). The SMILES string of the molecule is CCCc1ccc(Nc2cc([N+](=O)[O-])cc(Cl)n2)cc1. The second-order valence-corrected chi connectivity index (χ2v) is 4.75. The van der Waals surface area contributed by atoms with Gasteiger partial charge >= 0.3 is 0 Å². The Bertz CT molecular complexity index is 614. The Morgan fingerprint density at radius 3 is 2.60 bits per heavy atom. The molecule has 1 aromatic carbocycles. The van der Waals surface area contributed by atoms with Gasteiger partial charge in [-0.05, 0) is 24.1 Å². The summed E-state index contributed by atoms with van der Waals surface area (Å²) < 4.78 is 0. The van der Waals surface area contributed by atoms with E-state index in [9.17, 15) is 10.1 Å². The van der Waals surface area contributed by atoms with E-state index >= 15 is 0 Å². The molecular weight excluding hydrogens is 278 g/mol. The van der Waals surface area contributed by atoms with Crippen molar-refractivity contribution in [2.45, 2.75) is 19.8 Å². The summed E-state index contributed by atoms with van der Waals surface area (Å²) in [7, 11) is 0. The zero-order valence-electron chi connectivity index (χ0n) is 11.0. The molecule has 0 aliphatic carbocycles. The van der Waals surface area contributed by atoms with Gasteiger partial charge in [0.1, 0.15) is 11.0 Å². The van der Waals surface area contributed by atoms with Crippen LogP contribution in [0, 0.1) is 10.1 Å². The van der Waals surface area contributed by atoms with Crippen molar-refractivity contribution in [3.8, 4) is 0 Å². The van der Waals surface area contributed by atoms with E-state index in [4.69, 9.17) is 11.6 Å². The van der Waals surface area contributed by atoms with E-state index in [1.54, 1.807) is 0 Å². The Morgan fingerprint density at radius 2 is 2.00 bits per heavy atom. The number of pyridine rings is 1. The van der Waals surface area contributed by atoms with Crippen LogP contribution in [-0.2, 0) is 6.42 Å². The summed E-state index contributed by atoms with van der Waals surface area (Å²) in [5.41, 5.74) is 1.98. The molecule has 0 aliphatic heterocycles. The first-order valence-corrected chi connectivity index (χ1v) is 6.64. The Balaban J connectivity index is 2.19. The number of halogens is 1. The molecule has 0 radical (unpaired) electrons. The van der Waals surface area contributed by atoms with Gasteiger partial charge in [-0.25, -0.2) is 4.98 Å². The lowest BCUT2D eigenvalue weighted by Crippen LogP contribution is -1.97. The number of nitrogens with zero attached hydrogens (tertiary/aromatic N) is 2. The zero-order valence-corrected chi connectivity index (χ0v) is 11.7. The van der Waals surface area contributed by atoms with Gasteiger partial charge < -0.3 is 5.32 Å². The minimum atomic E-state index is -0.497. The highest BCUT2D eigenvalue weighted by molar-refractivity contribution is 6.29. The number of nitro groups is 1. The molecule has 0 saturated heterocycles. The first-order valence-electron chi connectivity index (χ1n) is 6.26. The molecule has 2 rings (SSSR count). The number of nitrogens with one attached hydrogen (secondary N) is 1. The first kappa shape index (κ1) is 14.3. The Kier molecular flexibility index (Phi) is 4.53. The number of hydrogen-bond donors (Lipinski definition) is 1. The van der Waals surface area contributed by atoms with Gasteiger partial charge in [0.15, 0.2) is 0 Å². The van der Waals surface area contributed by atoms with Gasteiger partial charge in [-0.15, -0.1) is 0 Å². The van der Waals surface area contributed by atoms with Gasteiger partial charge in [-0.1, -0.05) is 37.1 Å². The first-order chi connectivity index (χ1) is 9.58. The molecule has 6 heteroatoms. The fourth-order valence-corrected chi connectivity index (χ4v) is 2.05. The molecule has 0 bridgehead atoms. The van der Waals surface area contributed by atoms with Crippen molar-refractivity contribution in [1.82, 2.24) is 4.98 Å². The summed E-state index contributed by atoms with van der Waals surface area (Å²) in [6.07, 6.45) is 2.12. The maximum Gasteiger partial charge on any atom is 0.276 e. The molecule has 2 aromatic rings. The van der Waals surface area contributed by atoms with Crippen LogP contribution in [0.15, 0.2) is 36.4 Å². The van der Waals surface area contributed by atoms with Crippen molar-refractivity contribution < 1.29 is 4.92 Å². The molecule has 0 unspecified atom stereocenters. The third kappa shape index (κ3) is 3.68. The van der Waals surface area contributed by atoms with Crippen LogP contribution in [0.1, 0.15) is 18.9 Å². The summed E-state index contributed by atoms with van der Waals surface area (Å²) >= 11 is 5.77. The highest BCUT2D eigenvalue weighted by Gasteiger charge is 2.10. The van der Waals surface area contributed by atoms with Crippen LogP contribution in [0.5, 0.6) is 0 Å². The second-order valence-electron chi connectivity index (χ2n) is 4.36. The minimum absolute atomic E-state index is 0.0873. The van der Waals surface area contributed by atoms with E-state index in [0.717, 1.165) is 18.5 Å². The Labute approximate surface area is 121 Å². The number of rotatable bonds is 5. The van der Waals surface area contributed by atoms with Crippen LogP contribution >= 0.6 is 11.6 Å². The van der Waals surface area contributed by atoms with Gasteiger partial charge in [-0.2, -0.15) is 0 Å². The highest BCUT2D eigenvalue weighted by Crippen LogP contribution is 2.23. The average Bonchev–Trinajstić information content (AvgIpc) is 2.40. The number of aryl methyl sites for hydroxylation is 1. The molecule has 0 amide bonds. The molecule has 0 atom stereocenters. The Hall–Kier alpha value is -2.14. The smallest absolute Gasteiger partial charge is 0.276 e. The molecule has 0 saturated carbocycles. The summed E-state index contributed by atoms with van der Waals surface area (Å²) in [6, 6.07) is 10.4. The van der Waals surface area contributed by atoms with Crippen LogP contribution in [0.2, 0.25) is 5.15 Å². The van der Waals surface area contributed by atoms with Gasteiger partial charge in [0.25, 0.3) is 5.69 Å². The molecule has 0 fully saturated rings. The topological polar surface area (TPSA) is 68.1 Å². The van der Waals surface area contributed by atoms with Gasteiger partial charge in [0, 0.05) is 5.69 Å². The van der Waals surface area contributed by atoms with E-state index in [-0.39, 0.29) is 10.8 Å². The van der Waals surface area contributed by atoms with E-state index in [1.807, 2.05) is 24.3 Å². The summed E-state index contributed by atoms with van der Waals surface area (Å²) in [5, 5.41) is 13.9. The van der Waals surface area contributed by atoms with E-state index in [2.05, 4.69) is 17.2 Å². The predicted molar refractivity (Wildman–Crippen MR) is 79.6 cm³/mol. The van der Waals surface area contributed by atoms with Crippen LogP contribution in [0.3, 0.4) is 0 Å². The molecule has 1 heterocycles. The maximum atomic E-state index is 10.8. The normalized spacial score (nSPS) is 10.3. The fourth-order valence-electron chi connectivity index (χ4n) is 1.84. The van der Waals surface area contributed by atoms with Gasteiger partial charge in [-0.3, -0.25) is 10.1 Å². The van der Waals surface area contributed by atoms with Crippen LogP contribution in [0.4, 0.5) is 17.2 Å². The number of aromatic nitrogens is 1. The molecule has 104 valence electrons. The van der Waals surface area contributed by atoms with Crippen LogP contribution in [0.25, 0.3) is 0 Å². The minimum Gasteiger partial charge on any atom is -0.340 e. The monoisotopic (exact) mass is 291 g/mol. The molecule has 0 spiro atoms. The van der Waals surface area contributed by atoms with Gasteiger partial charge in [0.05, 0.1) is 17.1 Å².